The normalized spacial score (nSPS) is 11.9. The molecule has 0 spiro atoms. The predicted octanol–water partition coefficient (Wildman–Crippen LogP) is 2.61. The van der Waals surface area contributed by atoms with E-state index in [0.717, 1.165) is 11.3 Å². The van der Waals surface area contributed by atoms with Crippen molar-refractivity contribution in [3.05, 3.63) is 60.2 Å². The first-order chi connectivity index (χ1) is 10.7. The first-order valence-electron chi connectivity index (χ1n) is 6.87. The Bertz CT molecular complexity index is 624. The van der Waals surface area contributed by atoms with Crippen LogP contribution in [0, 0.1) is 0 Å². The van der Waals surface area contributed by atoms with Crippen molar-refractivity contribution in [3.63, 3.8) is 0 Å². The topological polar surface area (TPSA) is 59.9 Å². The van der Waals surface area contributed by atoms with E-state index in [4.69, 9.17) is 9.47 Å². The minimum Gasteiger partial charge on any atom is -0.497 e. The highest BCUT2D eigenvalue weighted by Gasteiger charge is 2.13. The molecule has 5 nitrogen and oxygen atoms in total. The number of hydrogen-bond donors (Lipinski definition) is 1. The number of hydrogen-bond acceptors (Lipinski definition) is 4. The average Bonchev–Trinajstić information content (AvgIpc) is 2.56. The van der Waals surface area contributed by atoms with Crippen LogP contribution < -0.4 is 14.9 Å². The van der Waals surface area contributed by atoms with Gasteiger partial charge in [0.1, 0.15) is 11.5 Å². The highest BCUT2D eigenvalue weighted by atomic mass is 16.5. The molecule has 0 aromatic heterocycles. The van der Waals surface area contributed by atoms with Crippen LogP contribution in [-0.4, -0.2) is 25.3 Å². The summed E-state index contributed by atoms with van der Waals surface area (Å²) in [4.78, 5) is 11.9. The molecule has 0 fully saturated rings. The highest BCUT2D eigenvalue weighted by Crippen LogP contribution is 2.11. The van der Waals surface area contributed by atoms with Crippen LogP contribution in [0.25, 0.3) is 0 Å². The van der Waals surface area contributed by atoms with Crippen molar-refractivity contribution < 1.29 is 14.3 Å². The number of nitrogens with one attached hydrogen (secondary N) is 1. The van der Waals surface area contributed by atoms with Crippen LogP contribution in [0.4, 0.5) is 0 Å². The fraction of sp³-hybridized carbons (Fsp3) is 0.176. The first-order valence-corrected chi connectivity index (χ1v) is 6.87. The molecular weight excluding hydrogens is 280 g/mol. The fourth-order valence-electron chi connectivity index (χ4n) is 1.71. The smallest absolute Gasteiger partial charge is 0.280 e. The maximum atomic E-state index is 11.9. The van der Waals surface area contributed by atoms with E-state index in [0.29, 0.717) is 5.75 Å². The van der Waals surface area contributed by atoms with Gasteiger partial charge in [0.2, 0.25) is 0 Å². The second-order valence-electron chi connectivity index (χ2n) is 4.58. The number of rotatable bonds is 6. The number of benzene rings is 2. The molecule has 114 valence electrons. The third kappa shape index (κ3) is 4.63. The lowest BCUT2D eigenvalue weighted by Gasteiger charge is -2.12. The van der Waals surface area contributed by atoms with Crippen LogP contribution in [0.1, 0.15) is 12.5 Å². The van der Waals surface area contributed by atoms with Gasteiger partial charge in [-0.05, 0) is 48.9 Å². The fourth-order valence-corrected chi connectivity index (χ4v) is 1.71. The van der Waals surface area contributed by atoms with Crippen molar-refractivity contribution in [1.29, 1.82) is 0 Å². The second-order valence-corrected chi connectivity index (χ2v) is 4.58. The minimum absolute atomic E-state index is 0.311. The standard InChI is InChI=1S/C17H18N2O3/c1-13(22-16-6-4-3-5-7-16)17(20)19-18-12-14-8-10-15(21-2)11-9-14/h3-13H,1-2H3,(H,19,20)/b18-12-. The van der Waals surface area contributed by atoms with Gasteiger partial charge in [0.05, 0.1) is 13.3 Å². The SMILES string of the molecule is COc1ccc(/C=N\NC(=O)C(C)Oc2ccccc2)cc1. The molecule has 2 aromatic carbocycles. The number of carbonyl (C=O) groups is 1. The van der Waals surface area contributed by atoms with Gasteiger partial charge in [-0.3, -0.25) is 4.79 Å². The summed E-state index contributed by atoms with van der Waals surface area (Å²) >= 11 is 0. The summed E-state index contributed by atoms with van der Waals surface area (Å²) < 4.78 is 10.6. The Kier molecular flexibility index (Phi) is 5.54. The van der Waals surface area contributed by atoms with E-state index in [2.05, 4.69) is 10.5 Å². The first kappa shape index (κ1) is 15.6. The van der Waals surface area contributed by atoms with Crippen molar-refractivity contribution in [2.75, 3.05) is 7.11 Å². The maximum absolute atomic E-state index is 11.9. The summed E-state index contributed by atoms with van der Waals surface area (Å²) in [6.07, 6.45) is 0.933. The molecule has 0 aliphatic heterocycles. The lowest BCUT2D eigenvalue weighted by molar-refractivity contribution is -0.127. The number of carbonyl (C=O) groups excluding carboxylic acids is 1. The molecule has 0 saturated heterocycles. The van der Waals surface area contributed by atoms with E-state index < -0.39 is 6.10 Å². The summed E-state index contributed by atoms with van der Waals surface area (Å²) in [6.45, 7) is 1.67. The van der Waals surface area contributed by atoms with E-state index in [1.54, 1.807) is 32.4 Å². The van der Waals surface area contributed by atoms with E-state index >= 15 is 0 Å². The number of nitrogens with zero attached hydrogens (tertiary/aromatic N) is 1. The molecule has 0 heterocycles. The Morgan fingerprint density at radius 1 is 1.09 bits per heavy atom. The molecular formula is C17H18N2O3. The molecule has 0 radical (unpaired) electrons. The molecule has 5 heteroatoms. The van der Waals surface area contributed by atoms with Gasteiger partial charge < -0.3 is 9.47 Å². The van der Waals surface area contributed by atoms with E-state index in [1.807, 2.05) is 42.5 Å². The molecule has 0 bridgehead atoms. The van der Waals surface area contributed by atoms with Gasteiger partial charge >= 0.3 is 0 Å². The molecule has 1 unspecified atom stereocenters. The van der Waals surface area contributed by atoms with Gasteiger partial charge in [-0.1, -0.05) is 18.2 Å². The van der Waals surface area contributed by atoms with Gasteiger partial charge in [0, 0.05) is 0 Å². The van der Waals surface area contributed by atoms with E-state index in [1.165, 1.54) is 0 Å². The summed E-state index contributed by atoms with van der Waals surface area (Å²) in [7, 11) is 1.61. The quantitative estimate of drug-likeness (QED) is 0.659. The zero-order valence-corrected chi connectivity index (χ0v) is 12.5. The van der Waals surface area contributed by atoms with Crippen LogP contribution in [0.3, 0.4) is 0 Å². The van der Waals surface area contributed by atoms with Crippen molar-refractivity contribution in [1.82, 2.24) is 5.43 Å². The molecule has 1 atom stereocenters. The summed E-state index contributed by atoms with van der Waals surface area (Å²) in [5, 5.41) is 3.91. The largest absolute Gasteiger partial charge is 0.497 e. The number of amides is 1. The van der Waals surface area contributed by atoms with Crippen LogP contribution in [0.5, 0.6) is 11.5 Å². The molecule has 1 amide bonds. The second kappa shape index (κ2) is 7.83. The Hall–Kier alpha value is -2.82. The molecule has 2 aromatic rings. The minimum atomic E-state index is -0.629. The summed E-state index contributed by atoms with van der Waals surface area (Å²) in [6, 6.07) is 16.5. The van der Waals surface area contributed by atoms with Crippen LogP contribution in [-0.2, 0) is 4.79 Å². The zero-order valence-electron chi connectivity index (χ0n) is 12.5. The predicted molar refractivity (Wildman–Crippen MR) is 85.3 cm³/mol. The zero-order chi connectivity index (χ0) is 15.8. The van der Waals surface area contributed by atoms with Gasteiger partial charge in [-0.2, -0.15) is 5.10 Å². The molecule has 2 rings (SSSR count). The van der Waals surface area contributed by atoms with Crippen molar-refractivity contribution in [3.8, 4) is 11.5 Å². The number of methoxy groups -OCH3 is 1. The third-order valence-electron chi connectivity index (χ3n) is 2.93. The maximum Gasteiger partial charge on any atom is 0.280 e. The lowest BCUT2D eigenvalue weighted by atomic mass is 10.2. The Morgan fingerprint density at radius 3 is 2.41 bits per heavy atom. The average molecular weight is 298 g/mol. The molecule has 0 aliphatic carbocycles. The van der Waals surface area contributed by atoms with Crippen LogP contribution in [0.15, 0.2) is 59.7 Å². The third-order valence-corrected chi connectivity index (χ3v) is 2.93. The lowest BCUT2D eigenvalue weighted by Crippen LogP contribution is -2.33. The number of hydrazone groups is 1. The molecule has 22 heavy (non-hydrogen) atoms. The molecule has 0 aliphatic rings. The van der Waals surface area contributed by atoms with Crippen molar-refractivity contribution >= 4 is 12.1 Å². The van der Waals surface area contributed by atoms with Gasteiger partial charge in [-0.15, -0.1) is 0 Å². The Morgan fingerprint density at radius 2 is 1.77 bits per heavy atom. The summed E-state index contributed by atoms with van der Waals surface area (Å²) in [5.74, 6) is 1.10. The molecule has 1 N–H and O–H groups in total. The number of para-hydroxylation sites is 1. The van der Waals surface area contributed by atoms with Gasteiger partial charge in [0.25, 0.3) is 5.91 Å². The van der Waals surface area contributed by atoms with Crippen LogP contribution in [0.2, 0.25) is 0 Å². The Balaban J connectivity index is 1.84. The monoisotopic (exact) mass is 298 g/mol. The highest BCUT2D eigenvalue weighted by molar-refractivity contribution is 5.84. The van der Waals surface area contributed by atoms with E-state index in [-0.39, 0.29) is 5.91 Å². The van der Waals surface area contributed by atoms with Crippen molar-refractivity contribution in [2.24, 2.45) is 5.10 Å². The number of ether oxygens (including phenoxy) is 2. The summed E-state index contributed by atoms with van der Waals surface area (Å²) in [5.41, 5.74) is 3.31. The van der Waals surface area contributed by atoms with Gasteiger partial charge in [-0.25, -0.2) is 5.43 Å². The molecule has 0 saturated carbocycles. The van der Waals surface area contributed by atoms with Crippen molar-refractivity contribution in [2.45, 2.75) is 13.0 Å². The van der Waals surface area contributed by atoms with Gasteiger partial charge in [0.15, 0.2) is 6.10 Å². The Labute approximate surface area is 129 Å². The van der Waals surface area contributed by atoms with Crippen LogP contribution >= 0.6 is 0 Å². The van der Waals surface area contributed by atoms with E-state index in [9.17, 15) is 4.79 Å².